The molecule has 0 spiro atoms. The lowest BCUT2D eigenvalue weighted by atomic mass is 9.97. The molecule has 2 aromatic rings. The van der Waals surface area contributed by atoms with Crippen LogP contribution in [-0.2, 0) is 20.0 Å². The van der Waals surface area contributed by atoms with Gasteiger partial charge < -0.3 is 4.52 Å². The Morgan fingerprint density at radius 3 is 2.28 bits per heavy atom. The highest BCUT2D eigenvalue weighted by atomic mass is 32.2. The summed E-state index contributed by atoms with van der Waals surface area (Å²) >= 11 is 0. The highest BCUT2D eigenvalue weighted by Gasteiger charge is 2.33. The van der Waals surface area contributed by atoms with Gasteiger partial charge >= 0.3 is 0 Å². The van der Waals surface area contributed by atoms with Crippen molar-refractivity contribution in [1.82, 2.24) is 13.8 Å². The normalized spacial score (nSPS) is 19.0. The molecular formula is C19H27N3O5S2. The van der Waals surface area contributed by atoms with Crippen molar-refractivity contribution in [1.29, 1.82) is 0 Å². The van der Waals surface area contributed by atoms with Crippen LogP contribution in [0.5, 0.6) is 0 Å². The maximum Gasteiger partial charge on any atom is 0.243 e. The minimum Gasteiger partial charge on any atom is -0.361 e. The topological polar surface area (TPSA) is 101 Å². The van der Waals surface area contributed by atoms with Gasteiger partial charge in [-0.05, 0) is 44.0 Å². The molecule has 1 unspecified atom stereocenters. The summed E-state index contributed by atoms with van der Waals surface area (Å²) in [5.74, 6) is 0.658. The van der Waals surface area contributed by atoms with E-state index in [2.05, 4.69) is 5.16 Å². The first-order chi connectivity index (χ1) is 13.7. The standard InChI is InChI=1S/C19H27N3O5S2/c1-4-21(5-2)28(23,24)17-8-10-18(11-9-17)29(25,26)22-12-6-7-16(14-22)19-13-15(3)20-27-19/h8-11,13,16H,4-7,12,14H2,1-3H3. The van der Waals surface area contributed by atoms with Gasteiger partial charge in [0.05, 0.1) is 15.5 Å². The number of rotatable bonds is 7. The lowest BCUT2D eigenvalue weighted by Gasteiger charge is -2.30. The highest BCUT2D eigenvalue weighted by Crippen LogP contribution is 2.31. The van der Waals surface area contributed by atoms with Gasteiger partial charge in [0.15, 0.2) is 0 Å². The molecule has 29 heavy (non-hydrogen) atoms. The minimum absolute atomic E-state index is 0.0398. The first kappa shape index (κ1) is 21.9. The van der Waals surface area contributed by atoms with E-state index in [1.165, 1.54) is 32.9 Å². The van der Waals surface area contributed by atoms with Gasteiger partial charge in [0, 0.05) is 38.2 Å². The van der Waals surface area contributed by atoms with Gasteiger partial charge in [0.25, 0.3) is 0 Å². The van der Waals surface area contributed by atoms with E-state index in [1.54, 1.807) is 13.8 Å². The molecule has 10 heteroatoms. The largest absolute Gasteiger partial charge is 0.361 e. The molecule has 1 aliphatic heterocycles. The van der Waals surface area contributed by atoms with E-state index in [0.717, 1.165) is 18.5 Å². The van der Waals surface area contributed by atoms with Crippen LogP contribution in [0.4, 0.5) is 0 Å². The molecule has 0 radical (unpaired) electrons. The summed E-state index contributed by atoms with van der Waals surface area (Å²) in [6, 6.07) is 7.30. The van der Waals surface area contributed by atoms with Crippen molar-refractivity contribution in [3.8, 4) is 0 Å². The molecule has 2 heterocycles. The molecule has 3 rings (SSSR count). The van der Waals surface area contributed by atoms with Crippen LogP contribution in [0.3, 0.4) is 0 Å². The van der Waals surface area contributed by atoms with E-state index in [9.17, 15) is 16.8 Å². The minimum atomic E-state index is -3.73. The van der Waals surface area contributed by atoms with Crippen LogP contribution in [0.15, 0.2) is 44.6 Å². The molecule has 0 saturated carbocycles. The number of hydrogen-bond donors (Lipinski definition) is 0. The van der Waals surface area contributed by atoms with Crippen molar-refractivity contribution in [2.24, 2.45) is 0 Å². The second kappa shape index (κ2) is 8.55. The van der Waals surface area contributed by atoms with Gasteiger partial charge in [-0.15, -0.1) is 0 Å². The molecule has 1 aliphatic rings. The van der Waals surface area contributed by atoms with Gasteiger partial charge in [-0.2, -0.15) is 8.61 Å². The predicted molar refractivity (Wildman–Crippen MR) is 109 cm³/mol. The zero-order chi connectivity index (χ0) is 21.2. The number of benzene rings is 1. The maximum atomic E-state index is 13.1. The third-order valence-electron chi connectivity index (χ3n) is 5.24. The summed E-state index contributed by atoms with van der Waals surface area (Å²) in [7, 11) is -7.35. The van der Waals surface area contributed by atoms with Gasteiger partial charge in [-0.25, -0.2) is 16.8 Å². The molecule has 160 valence electrons. The monoisotopic (exact) mass is 441 g/mol. The van der Waals surface area contributed by atoms with Crippen LogP contribution in [0, 0.1) is 6.92 Å². The summed E-state index contributed by atoms with van der Waals surface area (Å²) in [5.41, 5.74) is 0.769. The van der Waals surface area contributed by atoms with Crippen molar-refractivity contribution in [3.63, 3.8) is 0 Å². The molecule has 0 bridgehead atoms. The summed E-state index contributed by atoms with van der Waals surface area (Å²) in [6.45, 7) is 6.82. The first-order valence-electron chi connectivity index (χ1n) is 9.73. The molecule has 1 saturated heterocycles. The van der Waals surface area contributed by atoms with E-state index in [1.807, 2.05) is 13.0 Å². The number of nitrogens with zero attached hydrogens (tertiary/aromatic N) is 3. The van der Waals surface area contributed by atoms with Crippen LogP contribution in [0.2, 0.25) is 0 Å². The fourth-order valence-corrected chi connectivity index (χ4v) is 6.60. The first-order valence-corrected chi connectivity index (χ1v) is 12.6. The molecule has 1 atom stereocenters. The third kappa shape index (κ3) is 4.40. The van der Waals surface area contributed by atoms with Gasteiger partial charge in [0.1, 0.15) is 5.76 Å². The van der Waals surface area contributed by atoms with E-state index in [0.29, 0.717) is 31.9 Å². The summed E-state index contributed by atoms with van der Waals surface area (Å²) in [4.78, 5) is 0.180. The van der Waals surface area contributed by atoms with E-state index < -0.39 is 20.0 Å². The van der Waals surface area contributed by atoms with Crippen LogP contribution >= 0.6 is 0 Å². The molecule has 1 fully saturated rings. The van der Waals surface area contributed by atoms with Crippen molar-refractivity contribution >= 4 is 20.0 Å². The average molecular weight is 442 g/mol. The Bertz CT molecular complexity index is 1040. The zero-order valence-corrected chi connectivity index (χ0v) is 18.5. The Morgan fingerprint density at radius 2 is 1.72 bits per heavy atom. The average Bonchev–Trinajstić information content (AvgIpc) is 3.15. The van der Waals surface area contributed by atoms with Crippen LogP contribution in [0.1, 0.15) is 44.1 Å². The predicted octanol–water partition coefficient (Wildman–Crippen LogP) is 2.58. The summed E-state index contributed by atoms with van der Waals surface area (Å²) in [6.07, 6.45) is 1.56. The number of sulfonamides is 2. The van der Waals surface area contributed by atoms with Gasteiger partial charge in [0.2, 0.25) is 20.0 Å². The number of aryl methyl sites for hydroxylation is 1. The zero-order valence-electron chi connectivity index (χ0n) is 16.9. The number of piperidine rings is 1. The van der Waals surface area contributed by atoms with E-state index >= 15 is 0 Å². The van der Waals surface area contributed by atoms with E-state index in [4.69, 9.17) is 4.52 Å². The van der Waals surface area contributed by atoms with E-state index in [-0.39, 0.29) is 15.7 Å². The second-order valence-corrected chi connectivity index (χ2v) is 11.0. The quantitative estimate of drug-likeness (QED) is 0.655. The Morgan fingerprint density at radius 1 is 1.10 bits per heavy atom. The van der Waals surface area contributed by atoms with Crippen LogP contribution in [0.25, 0.3) is 0 Å². The lowest BCUT2D eigenvalue weighted by Crippen LogP contribution is -2.39. The Labute approximate surface area is 172 Å². The smallest absolute Gasteiger partial charge is 0.243 e. The van der Waals surface area contributed by atoms with Crippen LogP contribution in [-0.4, -0.2) is 56.8 Å². The van der Waals surface area contributed by atoms with Gasteiger partial charge in [-0.3, -0.25) is 0 Å². The molecular weight excluding hydrogens is 414 g/mol. The van der Waals surface area contributed by atoms with Crippen molar-refractivity contribution in [2.75, 3.05) is 26.2 Å². The molecule has 0 amide bonds. The number of aromatic nitrogens is 1. The number of hydrogen-bond acceptors (Lipinski definition) is 6. The Balaban J connectivity index is 1.82. The third-order valence-corrected chi connectivity index (χ3v) is 9.18. The molecule has 8 nitrogen and oxygen atoms in total. The molecule has 1 aromatic carbocycles. The second-order valence-electron chi connectivity index (χ2n) is 7.13. The van der Waals surface area contributed by atoms with Crippen molar-refractivity contribution in [2.45, 2.75) is 49.3 Å². The Hall–Kier alpha value is -1.75. The van der Waals surface area contributed by atoms with Crippen molar-refractivity contribution in [3.05, 3.63) is 41.8 Å². The molecule has 0 aliphatic carbocycles. The Kier molecular flexibility index (Phi) is 6.47. The summed E-state index contributed by atoms with van der Waals surface area (Å²) in [5, 5.41) is 3.89. The molecule has 1 aromatic heterocycles. The van der Waals surface area contributed by atoms with Crippen molar-refractivity contribution < 1.29 is 21.4 Å². The van der Waals surface area contributed by atoms with Gasteiger partial charge in [-0.1, -0.05) is 19.0 Å². The van der Waals surface area contributed by atoms with Crippen LogP contribution < -0.4 is 0 Å². The summed E-state index contributed by atoms with van der Waals surface area (Å²) < 4.78 is 59.5. The fraction of sp³-hybridized carbons (Fsp3) is 0.526. The highest BCUT2D eigenvalue weighted by molar-refractivity contribution is 7.89. The SMILES string of the molecule is CCN(CC)S(=O)(=O)c1ccc(S(=O)(=O)N2CCCC(c3cc(C)no3)C2)cc1. The molecule has 0 N–H and O–H groups in total. The lowest BCUT2D eigenvalue weighted by molar-refractivity contribution is 0.270. The fourth-order valence-electron chi connectivity index (χ4n) is 3.61. The maximum absolute atomic E-state index is 13.1.